The summed E-state index contributed by atoms with van der Waals surface area (Å²) in [5.74, 6) is -0.782. The van der Waals surface area contributed by atoms with Gasteiger partial charge >= 0.3 is 0 Å². The number of aromatic amines is 1. The number of hydrogen-bond acceptors (Lipinski definition) is 4. The van der Waals surface area contributed by atoms with Crippen LogP contribution in [0.5, 0.6) is 0 Å². The predicted molar refractivity (Wildman–Crippen MR) is 126 cm³/mol. The Balaban J connectivity index is 1.31. The third-order valence-corrected chi connectivity index (χ3v) is 5.79. The van der Waals surface area contributed by atoms with Gasteiger partial charge in [0.1, 0.15) is 5.82 Å². The van der Waals surface area contributed by atoms with Crippen molar-refractivity contribution < 1.29 is 9.18 Å². The fraction of sp³-hybridized carbons (Fsp3) is 0.0833. The van der Waals surface area contributed by atoms with Gasteiger partial charge in [-0.05, 0) is 48.0 Å². The first kappa shape index (κ1) is 21.3. The Morgan fingerprint density at radius 1 is 1.06 bits per heavy atom. The van der Waals surface area contributed by atoms with Crippen molar-refractivity contribution in [1.29, 1.82) is 0 Å². The van der Waals surface area contributed by atoms with Crippen molar-refractivity contribution in [2.45, 2.75) is 13.0 Å². The summed E-state index contributed by atoms with van der Waals surface area (Å²) in [6.45, 7) is 0.0121. The van der Waals surface area contributed by atoms with Gasteiger partial charge < -0.3 is 5.32 Å². The molecule has 164 valence electrons. The molecule has 2 N–H and O–H groups in total. The number of H-pyrrole nitrogens is 1. The molecule has 0 aliphatic heterocycles. The van der Waals surface area contributed by atoms with E-state index in [-0.39, 0.29) is 17.6 Å². The second-order valence-corrected chi connectivity index (χ2v) is 8.37. The molecule has 0 spiro atoms. The van der Waals surface area contributed by atoms with Gasteiger partial charge in [0.15, 0.2) is 5.15 Å². The van der Waals surface area contributed by atoms with Crippen LogP contribution in [-0.2, 0) is 13.0 Å². The molecule has 9 heteroatoms. The molecule has 0 aliphatic rings. The summed E-state index contributed by atoms with van der Waals surface area (Å²) in [6, 6.07) is 14.0. The van der Waals surface area contributed by atoms with Crippen LogP contribution in [-0.4, -0.2) is 26.1 Å². The Hall–Kier alpha value is -3.55. The molecule has 33 heavy (non-hydrogen) atoms. The van der Waals surface area contributed by atoms with Crippen LogP contribution in [0, 0.1) is 5.82 Å². The normalized spacial score (nSPS) is 11.2. The van der Waals surface area contributed by atoms with Crippen molar-refractivity contribution in [1.82, 2.24) is 25.5 Å². The number of nitrogens with zero attached hydrogens (tertiary/aromatic N) is 3. The maximum absolute atomic E-state index is 14.4. The standard InChI is InChI=1S/C24H16Cl2FN5O/c25-17-7-15-5-13(1-2-21(15)29-12-17)6-18-8-14(3-4-28-18)24(33)30-11-16-9-19-22(10-20(16)27)31-32-23(19)26/h1-5,7-10,12H,6,11H2,(H,30,33)(H,31,32). The van der Waals surface area contributed by atoms with E-state index in [0.29, 0.717) is 33.5 Å². The van der Waals surface area contributed by atoms with Crippen LogP contribution in [0.25, 0.3) is 21.8 Å². The van der Waals surface area contributed by atoms with E-state index in [1.807, 2.05) is 24.3 Å². The highest BCUT2D eigenvalue weighted by Gasteiger charge is 2.12. The first-order chi connectivity index (χ1) is 16.0. The van der Waals surface area contributed by atoms with Crippen LogP contribution in [0.2, 0.25) is 10.2 Å². The lowest BCUT2D eigenvalue weighted by atomic mass is 10.0. The zero-order valence-electron chi connectivity index (χ0n) is 17.1. The Morgan fingerprint density at radius 3 is 2.82 bits per heavy atom. The van der Waals surface area contributed by atoms with Crippen molar-refractivity contribution in [2.24, 2.45) is 0 Å². The van der Waals surface area contributed by atoms with Crippen molar-refractivity contribution in [3.05, 3.63) is 99.3 Å². The number of aromatic nitrogens is 4. The highest BCUT2D eigenvalue weighted by atomic mass is 35.5. The van der Waals surface area contributed by atoms with E-state index in [1.54, 1.807) is 30.6 Å². The fourth-order valence-electron chi connectivity index (χ4n) is 3.65. The van der Waals surface area contributed by atoms with E-state index in [4.69, 9.17) is 23.2 Å². The molecular weight excluding hydrogens is 464 g/mol. The molecule has 0 radical (unpaired) electrons. The molecule has 6 nitrogen and oxygen atoms in total. The van der Waals surface area contributed by atoms with Gasteiger partial charge in [-0.25, -0.2) is 4.39 Å². The molecule has 0 saturated heterocycles. The number of benzene rings is 2. The first-order valence-corrected chi connectivity index (χ1v) is 10.8. The molecule has 5 aromatic rings. The quantitative estimate of drug-likeness (QED) is 0.349. The highest BCUT2D eigenvalue weighted by molar-refractivity contribution is 6.34. The average molecular weight is 480 g/mol. The Labute approximate surface area is 197 Å². The number of carbonyl (C=O) groups is 1. The minimum Gasteiger partial charge on any atom is -0.348 e. The van der Waals surface area contributed by atoms with Crippen LogP contribution in [0.1, 0.15) is 27.2 Å². The number of amides is 1. The maximum Gasteiger partial charge on any atom is 0.251 e. The maximum atomic E-state index is 14.4. The molecule has 2 aromatic carbocycles. The van der Waals surface area contributed by atoms with Gasteiger partial charge in [0.25, 0.3) is 5.91 Å². The van der Waals surface area contributed by atoms with E-state index in [0.717, 1.165) is 22.2 Å². The summed E-state index contributed by atoms with van der Waals surface area (Å²) in [5, 5.41) is 11.6. The SMILES string of the molecule is O=C(NCc1cc2c(Cl)n[nH]c2cc1F)c1ccnc(Cc2ccc3ncc(Cl)cc3c2)c1. The van der Waals surface area contributed by atoms with Crippen molar-refractivity contribution in [3.8, 4) is 0 Å². The van der Waals surface area contributed by atoms with Gasteiger partial charge in [-0.15, -0.1) is 0 Å². The lowest BCUT2D eigenvalue weighted by Crippen LogP contribution is -2.23. The summed E-state index contributed by atoms with van der Waals surface area (Å²) in [5.41, 5.74) is 3.86. The molecule has 0 saturated carbocycles. The van der Waals surface area contributed by atoms with Gasteiger partial charge in [0, 0.05) is 53.0 Å². The van der Waals surface area contributed by atoms with Crippen molar-refractivity contribution in [3.63, 3.8) is 0 Å². The van der Waals surface area contributed by atoms with Gasteiger partial charge in [-0.3, -0.25) is 19.9 Å². The third-order valence-electron chi connectivity index (χ3n) is 5.30. The minimum absolute atomic E-state index is 0.0121. The van der Waals surface area contributed by atoms with E-state index >= 15 is 0 Å². The van der Waals surface area contributed by atoms with Gasteiger partial charge in [-0.2, -0.15) is 5.10 Å². The fourth-order valence-corrected chi connectivity index (χ4v) is 4.02. The van der Waals surface area contributed by atoms with Crippen LogP contribution < -0.4 is 5.32 Å². The molecule has 1 amide bonds. The van der Waals surface area contributed by atoms with Crippen molar-refractivity contribution in [2.75, 3.05) is 0 Å². The van der Waals surface area contributed by atoms with Crippen LogP contribution in [0.4, 0.5) is 4.39 Å². The lowest BCUT2D eigenvalue weighted by Gasteiger charge is -2.09. The first-order valence-electron chi connectivity index (χ1n) is 10.1. The molecule has 0 fully saturated rings. The van der Waals surface area contributed by atoms with Crippen LogP contribution >= 0.6 is 23.2 Å². The Morgan fingerprint density at radius 2 is 1.94 bits per heavy atom. The van der Waals surface area contributed by atoms with E-state index in [2.05, 4.69) is 25.5 Å². The zero-order valence-corrected chi connectivity index (χ0v) is 18.6. The Kier molecular flexibility index (Phi) is 5.66. The minimum atomic E-state index is -0.454. The Bertz CT molecular complexity index is 1520. The number of fused-ring (bicyclic) bond motifs is 2. The summed E-state index contributed by atoms with van der Waals surface area (Å²) in [6.07, 6.45) is 3.73. The number of carbonyl (C=O) groups excluding carboxylic acids is 1. The second kappa shape index (κ2) is 8.77. The van der Waals surface area contributed by atoms with Crippen LogP contribution in [0.15, 0.2) is 60.9 Å². The summed E-state index contributed by atoms with van der Waals surface area (Å²) >= 11 is 12.1. The van der Waals surface area contributed by atoms with Gasteiger partial charge in [0.05, 0.1) is 16.1 Å². The summed E-state index contributed by atoms with van der Waals surface area (Å²) in [7, 11) is 0. The van der Waals surface area contributed by atoms with E-state index in [1.165, 1.54) is 6.07 Å². The van der Waals surface area contributed by atoms with Crippen molar-refractivity contribution >= 4 is 50.9 Å². The molecule has 3 heterocycles. The molecule has 3 aromatic heterocycles. The number of nitrogens with one attached hydrogen (secondary N) is 2. The van der Waals surface area contributed by atoms with Gasteiger partial charge in [0.2, 0.25) is 0 Å². The van der Waals surface area contributed by atoms with Gasteiger partial charge in [-0.1, -0.05) is 29.3 Å². The average Bonchev–Trinajstić information content (AvgIpc) is 3.16. The molecule has 0 aliphatic carbocycles. The molecule has 0 unspecified atom stereocenters. The third kappa shape index (κ3) is 4.51. The second-order valence-electron chi connectivity index (χ2n) is 7.58. The molecule has 0 bridgehead atoms. The zero-order chi connectivity index (χ0) is 22.9. The number of halogens is 3. The predicted octanol–water partition coefficient (Wildman–Crippen LogP) is 5.47. The number of pyridine rings is 2. The lowest BCUT2D eigenvalue weighted by molar-refractivity contribution is 0.0950. The molecular formula is C24H16Cl2FN5O. The number of hydrogen-bond donors (Lipinski definition) is 2. The molecule has 5 rings (SSSR count). The monoisotopic (exact) mass is 479 g/mol. The number of rotatable bonds is 5. The van der Waals surface area contributed by atoms with E-state index < -0.39 is 5.82 Å². The smallest absolute Gasteiger partial charge is 0.251 e. The van der Waals surface area contributed by atoms with Crippen LogP contribution in [0.3, 0.4) is 0 Å². The summed E-state index contributed by atoms with van der Waals surface area (Å²) < 4.78 is 14.4. The molecule has 0 atom stereocenters. The largest absolute Gasteiger partial charge is 0.348 e. The topological polar surface area (TPSA) is 83.6 Å². The summed E-state index contributed by atoms with van der Waals surface area (Å²) in [4.78, 5) is 21.4. The van der Waals surface area contributed by atoms with E-state index in [9.17, 15) is 9.18 Å². The highest BCUT2D eigenvalue weighted by Crippen LogP contribution is 2.24.